The van der Waals surface area contributed by atoms with Crippen molar-refractivity contribution in [1.29, 1.82) is 0 Å². The minimum atomic E-state index is -4.31. The van der Waals surface area contributed by atoms with Gasteiger partial charge in [-0.25, -0.2) is 0 Å². The minimum absolute atomic E-state index is 0.00486. The molecule has 156 valence electrons. The lowest BCUT2D eigenvalue weighted by molar-refractivity contribution is -0.137. The maximum atomic E-state index is 13.1. The van der Waals surface area contributed by atoms with Crippen molar-refractivity contribution in [3.05, 3.63) is 59.2 Å². The van der Waals surface area contributed by atoms with E-state index in [1.165, 1.54) is 41.0 Å². The van der Waals surface area contributed by atoms with Gasteiger partial charge in [-0.1, -0.05) is 12.1 Å². The van der Waals surface area contributed by atoms with Crippen molar-refractivity contribution in [3.63, 3.8) is 0 Å². The lowest BCUT2D eigenvalue weighted by Gasteiger charge is -2.38. The highest BCUT2D eigenvalue weighted by Gasteiger charge is 2.38. The Labute approximate surface area is 178 Å². The fourth-order valence-corrected chi connectivity index (χ4v) is 5.78. The molecule has 2 aromatic rings. The molecule has 0 amide bonds. The van der Waals surface area contributed by atoms with Crippen molar-refractivity contribution in [1.82, 2.24) is 0 Å². The molecule has 1 aliphatic carbocycles. The quantitative estimate of drug-likeness (QED) is 0.443. The third-order valence-electron chi connectivity index (χ3n) is 5.75. The van der Waals surface area contributed by atoms with Crippen LogP contribution in [0.5, 0.6) is 0 Å². The number of ether oxygens (including phenoxy) is 1. The van der Waals surface area contributed by atoms with Crippen LogP contribution in [-0.2, 0) is 10.9 Å². The zero-order valence-electron chi connectivity index (χ0n) is 16.6. The van der Waals surface area contributed by atoms with Gasteiger partial charge in [0, 0.05) is 21.1 Å². The van der Waals surface area contributed by atoms with E-state index in [1.54, 1.807) is 29.6 Å². The van der Waals surface area contributed by atoms with Gasteiger partial charge in [0.25, 0.3) is 0 Å². The highest BCUT2D eigenvalue weighted by Crippen LogP contribution is 2.50. The highest BCUT2D eigenvalue weighted by atomic mass is 32.2. The van der Waals surface area contributed by atoms with Gasteiger partial charge in [-0.05, 0) is 86.2 Å². The maximum Gasteiger partial charge on any atom is 0.416 e. The molecule has 2 unspecified atom stereocenters. The van der Waals surface area contributed by atoms with Crippen LogP contribution in [0.3, 0.4) is 0 Å². The molecule has 2 fully saturated rings. The molecular formula is C23H25F3OS2. The monoisotopic (exact) mass is 438 g/mol. The SMILES string of the molecule is CSc1ccc(C2CC2)c(C2CC(C)(Sc3cccc(C(F)(F)F)c3)CCO2)c1. The first kappa shape index (κ1) is 21.1. The van der Waals surface area contributed by atoms with Crippen molar-refractivity contribution >= 4 is 23.5 Å². The van der Waals surface area contributed by atoms with Gasteiger partial charge in [-0.3, -0.25) is 0 Å². The van der Waals surface area contributed by atoms with Gasteiger partial charge in [0.15, 0.2) is 0 Å². The van der Waals surface area contributed by atoms with E-state index in [2.05, 4.69) is 31.4 Å². The van der Waals surface area contributed by atoms with Crippen molar-refractivity contribution in [2.45, 2.75) is 65.3 Å². The maximum absolute atomic E-state index is 13.1. The summed E-state index contributed by atoms with van der Waals surface area (Å²) in [5.41, 5.74) is 2.08. The molecule has 1 saturated heterocycles. The molecule has 0 bridgehead atoms. The number of hydrogen-bond donors (Lipinski definition) is 0. The summed E-state index contributed by atoms with van der Waals surface area (Å²) < 4.78 is 45.3. The van der Waals surface area contributed by atoms with Gasteiger partial charge < -0.3 is 4.74 Å². The average Bonchev–Trinajstić information content (AvgIpc) is 3.52. The van der Waals surface area contributed by atoms with Crippen LogP contribution >= 0.6 is 23.5 Å². The Morgan fingerprint density at radius 3 is 2.52 bits per heavy atom. The van der Waals surface area contributed by atoms with E-state index in [9.17, 15) is 13.2 Å². The number of halogens is 3. The van der Waals surface area contributed by atoms with Crippen molar-refractivity contribution in [2.24, 2.45) is 0 Å². The summed E-state index contributed by atoms with van der Waals surface area (Å²) in [4.78, 5) is 1.90. The zero-order valence-corrected chi connectivity index (χ0v) is 18.2. The van der Waals surface area contributed by atoms with Gasteiger partial charge in [-0.15, -0.1) is 23.5 Å². The first-order chi connectivity index (χ1) is 13.8. The van der Waals surface area contributed by atoms with Crippen LogP contribution in [0.4, 0.5) is 13.2 Å². The van der Waals surface area contributed by atoms with Crippen LogP contribution in [0, 0.1) is 0 Å². The second-order valence-electron chi connectivity index (χ2n) is 8.16. The second-order valence-corrected chi connectivity index (χ2v) is 10.7. The fraction of sp³-hybridized carbons (Fsp3) is 0.478. The van der Waals surface area contributed by atoms with Gasteiger partial charge >= 0.3 is 6.18 Å². The van der Waals surface area contributed by atoms with Crippen molar-refractivity contribution < 1.29 is 17.9 Å². The molecule has 29 heavy (non-hydrogen) atoms. The smallest absolute Gasteiger partial charge is 0.373 e. The Morgan fingerprint density at radius 1 is 1.03 bits per heavy atom. The first-order valence-electron chi connectivity index (χ1n) is 9.93. The number of hydrogen-bond acceptors (Lipinski definition) is 3. The second kappa shape index (κ2) is 8.20. The molecule has 2 aliphatic rings. The van der Waals surface area contributed by atoms with Crippen molar-refractivity contribution in [2.75, 3.05) is 12.9 Å². The Bertz CT molecular complexity index is 879. The predicted molar refractivity (Wildman–Crippen MR) is 114 cm³/mol. The van der Waals surface area contributed by atoms with Gasteiger partial charge in [0.1, 0.15) is 0 Å². The highest BCUT2D eigenvalue weighted by molar-refractivity contribution is 8.00. The summed E-state index contributed by atoms with van der Waals surface area (Å²) in [5, 5.41) is 0. The molecule has 0 spiro atoms. The number of rotatable bonds is 5. The standard InChI is InChI=1S/C23H25F3OS2/c1-22(29-18-5-3-4-16(12-18)23(24,25)26)10-11-27-21(14-22)20-13-17(28-2)8-9-19(20)15-6-7-15/h3-5,8-9,12-13,15,21H,6-7,10-11,14H2,1-2H3. The van der Waals surface area contributed by atoms with Crippen LogP contribution < -0.4 is 0 Å². The largest absolute Gasteiger partial charge is 0.416 e. The zero-order chi connectivity index (χ0) is 20.6. The summed E-state index contributed by atoms with van der Waals surface area (Å²) in [5.74, 6) is 0.633. The number of alkyl halides is 3. The van der Waals surface area contributed by atoms with Crippen LogP contribution in [-0.4, -0.2) is 17.6 Å². The summed E-state index contributed by atoms with van der Waals surface area (Å²) in [7, 11) is 0. The first-order valence-corrected chi connectivity index (χ1v) is 12.0. The van der Waals surface area contributed by atoms with Crippen LogP contribution in [0.25, 0.3) is 0 Å². The van der Waals surface area contributed by atoms with Crippen LogP contribution in [0.2, 0.25) is 0 Å². The molecule has 6 heteroatoms. The topological polar surface area (TPSA) is 9.23 Å². The van der Waals surface area contributed by atoms with E-state index in [1.807, 2.05) is 0 Å². The van der Waals surface area contributed by atoms with E-state index < -0.39 is 11.7 Å². The molecule has 0 N–H and O–H groups in total. The molecule has 4 rings (SSSR count). The lowest BCUT2D eigenvalue weighted by Crippen LogP contribution is -2.32. The van der Waals surface area contributed by atoms with Gasteiger partial charge in [-0.2, -0.15) is 13.2 Å². The van der Waals surface area contributed by atoms with E-state index in [-0.39, 0.29) is 10.9 Å². The Balaban J connectivity index is 1.57. The molecule has 1 aliphatic heterocycles. The predicted octanol–water partition coefficient (Wildman–Crippen LogP) is 7.71. The molecule has 1 nitrogen and oxygen atoms in total. The lowest BCUT2D eigenvalue weighted by atomic mass is 9.89. The average molecular weight is 439 g/mol. The van der Waals surface area contributed by atoms with Gasteiger partial charge in [0.05, 0.1) is 11.7 Å². The number of thioether (sulfide) groups is 2. The normalized spacial score (nSPS) is 25.2. The van der Waals surface area contributed by atoms with Crippen molar-refractivity contribution in [3.8, 4) is 0 Å². The molecule has 1 saturated carbocycles. The van der Waals surface area contributed by atoms with Crippen LogP contribution in [0.1, 0.15) is 61.3 Å². The van der Waals surface area contributed by atoms with E-state index in [4.69, 9.17) is 4.74 Å². The summed E-state index contributed by atoms with van der Waals surface area (Å²) in [6.45, 7) is 2.78. The van der Waals surface area contributed by atoms with Crippen LogP contribution in [0.15, 0.2) is 52.3 Å². The fourth-order valence-electron chi connectivity index (χ4n) is 4.01. The Hall–Kier alpha value is -1.11. The minimum Gasteiger partial charge on any atom is -0.373 e. The molecule has 2 aromatic carbocycles. The molecule has 0 aromatic heterocycles. The Morgan fingerprint density at radius 2 is 1.83 bits per heavy atom. The Kier molecular flexibility index (Phi) is 5.97. The summed E-state index contributed by atoms with van der Waals surface area (Å²) in [6, 6.07) is 12.4. The molecular weight excluding hydrogens is 413 g/mol. The molecule has 0 radical (unpaired) electrons. The third kappa shape index (κ3) is 4.97. The van der Waals surface area contributed by atoms with Gasteiger partial charge in [0.2, 0.25) is 0 Å². The van der Waals surface area contributed by atoms with E-state index in [0.29, 0.717) is 17.4 Å². The molecule has 2 atom stereocenters. The van der Waals surface area contributed by atoms with E-state index in [0.717, 1.165) is 18.9 Å². The number of benzene rings is 2. The van der Waals surface area contributed by atoms with E-state index >= 15 is 0 Å². The molecule has 1 heterocycles. The summed E-state index contributed by atoms with van der Waals surface area (Å²) >= 11 is 3.28. The summed E-state index contributed by atoms with van der Waals surface area (Å²) in [6.07, 6.45) is 1.84. The third-order valence-corrected chi connectivity index (χ3v) is 7.83.